The van der Waals surface area contributed by atoms with Gasteiger partial charge in [0.05, 0.1) is 12.8 Å². The Balaban J connectivity index is 1.51. The third-order valence-corrected chi connectivity index (χ3v) is 4.08. The Morgan fingerprint density at radius 1 is 1.28 bits per heavy atom. The van der Waals surface area contributed by atoms with Crippen LogP contribution in [0.5, 0.6) is 5.88 Å². The molecule has 2 heterocycles. The summed E-state index contributed by atoms with van der Waals surface area (Å²) in [5.41, 5.74) is 2.65. The van der Waals surface area contributed by atoms with Crippen molar-refractivity contribution in [1.82, 2.24) is 15.3 Å². The molecular weight excluding hydrogens is 318 g/mol. The van der Waals surface area contributed by atoms with Crippen LogP contribution in [0.25, 0.3) is 10.9 Å². The first-order valence-electron chi connectivity index (χ1n) is 8.18. The van der Waals surface area contributed by atoms with E-state index < -0.39 is 6.10 Å². The number of aryl methyl sites for hydroxylation is 1. The van der Waals surface area contributed by atoms with Crippen molar-refractivity contribution in [2.75, 3.05) is 13.7 Å². The van der Waals surface area contributed by atoms with Crippen molar-refractivity contribution in [1.29, 1.82) is 0 Å². The molecule has 130 valence electrons. The molecule has 0 fully saturated rings. The third-order valence-electron chi connectivity index (χ3n) is 4.08. The molecular formula is C19H21N3O3. The lowest BCUT2D eigenvalue weighted by Gasteiger charge is -2.12. The number of carbonyl (C=O) groups is 1. The van der Waals surface area contributed by atoms with Crippen LogP contribution >= 0.6 is 0 Å². The zero-order valence-electron chi connectivity index (χ0n) is 14.0. The van der Waals surface area contributed by atoms with Gasteiger partial charge in [0.2, 0.25) is 11.8 Å². The summed E-state index contributed by atoms with van der Waals surface area (Å²) in [5, 5.41) is 14.0. The van der Waals surface area contributed by atoms with E-state index >= 15 is 0 Å². The maximum atomic E-state index is 12.1. The first-order valence-corrected chi connectivity index (χ1v) is 8.18. The number of nitrogens with one attached hydrogen (secondary N) is 2. The number of aromatic amines is 1. The van der Waals surface area contributed by atoms with Crippen LogP contribution in [0, 0.1) is 0 Å². The molecule has 0 aliphatic rings. The number of aliphatic hydroxyl groups excluding tert-OH is 1. The van der Waals surface area contributed by atoms with E-state index in [1.54, 1.807) is 18.2 Å². The summed E-state index contributed by atoms with van der Waals surface area (Å²) in [6.45, 7) is 0.118. The highest BCUT2D eigenvalue weighted by Gasteiger charge is 2.12. The molecule has 2 aromatic heterocycles. The molecule has 0 radical (unpaired) electrons. The van der Waals surface area contributed by atoms with E-state index in [2.05, 4.69) is 15.3 Å². The van der Waals surface area contributed by atoms with E-state index in [-0.39, 0.29) is 12.5 Å². The van der Waals surface area contributed by atoms with Crippen LogP contribution in [0.1, 0.15) is 23.8 Å². The number of methoxy groups -OCH3 is 1. The average Bonchev–Trinajstić information content (AvgIpc) is 3.07. The van der Waals surface area contributed by atoms with Gasteiger partial charge in [0.1, 0.15) is 6.10 Å². The molecule has 6 nitrogen and oxygen atoms in total. The van der Waals surface area contributed by atoms with E-state index in [4.69, 9.17) is 4.74 Å². The Kier molecular flexibility index (Phi) is 5.30. The van der Waals surface area contributed by atoms with E-state index in [1.807, 2.05) is 30.5 Å². The molecule has 1 amide bonds. The van der Waals surface area contributed by atoms with Gasteiger partial charge in [0.15, 0.2) is 0 Å². The maximum absolute atomic E-state index is 12.1. The van der Waals surface area contributed by atoms with E-state index in [1.165, 1.54) is 7.11 Å². The number of aromatic nitrogens is 2. The lowest BCUT2D eigenvalue weighted by Crippen LogP contribution is -2.28. The quantitative estimate of drug-likeness (QED) is 0.617. The summed E-state index contributed by atoms with van der Waals surface area (Å²) in [6, 6.07) is 13.2. The van der Waals surface area contributed by atoms with Gasteiger partial charge in [-0.15, -0.1) is 0 Å². The molecule has 0 aliphatic heterocycles. The fourth-order valence-corrected chi connectivity index (χ4v) is 2.72. The predicted octanol–water partition coefficient (Wildman–Crippen LogP) is 2.35. The summed E-state index contributed by atoms with van der Waals surface area (Å²) < 4.78 is 5.03. The number of benzene rings is 1. The minimum Gasteiger partial charge on any atom is -0.481 e. The number of pyridine rings is 1. The maximum Gasteiger partial charge on any atom is 0.220 e. The van der Waals surface area contributed by atoms with Crippen molar-refractivity contribution in [3.8, 4) is 5.88 Å². The fourth-order valence-electron chi connectivity index (χ4n) is 2.72. The molecule has 25 heavy (non-hydrogen) atoms. The number of carbonyl (C=O) groups excluding carboxylic acids is 1. The Labute approximate surface area is 145 Å². The highest BCUT2D eigenvalue weighted by molar-refractivity contribution is 5.84. The molecule has 0 aliphatic carbocycles. The summed E-state index contributed by atoms with van der Waals surface area (Å²) >= 11 is 0. The van der Waals surface area contributed by atoms with Gasteiger partial charge in [-0.3, -0.25) is 4.79 Å². The van der Waals surface area contributed by atoms with Gasteiger partial charge in [-0.05, 0) is 24.1 Å². The van der Waals surface area contributed by atoms with Crippen molar-refractivity contribution < 1.29 is 14.6 Å². The molecule has 0 spiro atoms. The van der Waals surface area contributed by atoms with Gasteiger partial charge in [-0.25, -0.2) is 4.98 Å². The second-order valence-corrected chi connectivity index (χ2v) is 5.78. The SMILES string of the molecule is COc1cccc(C(O)CNC(=O)CCc2c[nH]c3ccccc23)n1. The first-order chi connectivity index (χ1) is 12.2. The largest absolute Gasteiger partial charge is 0.481 e. The highest BCUT2D eigenvalue weighted by Crippen LogP contribution is 2.19. The van der Waals surface area contributed by atoms with Crippen LogP contribution in [0.3, 0.4) is 0 Å². The van der Waals surface area contributed by atoms with Gasteiger partial charge in [0, 0.05) is 36.1 Å². The van der Waals surface area contributed by atoms with E-state index in [0.29, 0.717) is 24.4 Å². The average molecular weight is 339 g/mol. The lowest BCUT2D eigenvalue weighted by atomic mass is 10.1. The highest BCUT2D eigenvalue weighted by atomic mass is 16.5. The van der Waals surface area contributed by atoms with Crippen molar-refractivity contribution in [2.24, 2.45) is 0 Å². The number of ether oxygens (including phenoxy) is 1. The molecule has 3 aromatic rings. The van der Waals surface area contributed by atoms with Gasteiger partial charge in [-0.2, -0.15) is 0 Å². The zero-order chi connectivity index (χ0) is 17.6. The number of hydrogen-bond acceptors (Lipinski definition) is 4. The Bertz CT molecular complexity index is 860. The number of amides is 1. The molecule has 1 aromatic carbocycles. The fraction of sp³-hybridized carbons (Fsp3) is 0.263. The first kappa shape index (κ1) is 17.0. The normalized spacial score (nSPS) is 12.1. The van der Waals surface area contributed by atoms with Crippen LogP contribution in [-0.2, 0) is 11.2 Å². The minimum absolute atomic E-state index is 0.104. The smallest absolute Gasteiger partial charge is 0.220 e. The Morgan fingerprint density at radius 3 is 2.96 bits per heavy atom. The monoisotopic (exact) mass is 339 g/mol. The van der Waals surface area contributed by atoms with Crippen molar-refractivity contribution in [3.05, 3.63) is 59.9 Å². The zero-order valence-corrected chi connectivity index (χ0v) is 14.0. The lowest BCUT2D eigenvalue weighted by molar-refractivity contribution is -0.121. The minimum atomic E-state index is -0.868. The van der Waals surface area contributed by atoms with Crippen LogP contribution in [0.15, 0.2) is 48.7 Å². The Hall–Kier alpha value is -2.86. The number of hydrogen-bond donors (Lipinski definition) is 3. The van der Waals surface area contributed by atoms with E-state index in [0.717, 1.165) is 16.5 Å². The van der Waals surface area contributed by atoms with Crippen LogP contribution < -0.4 is 10.1 Å². The number of rotatable bonds is 7. The van der Waals surface area contributed by atoms with Gasteiger partial charge in [0.25, 0.3) is 0 Å². The standard InChI is InChI=1S/C19H21N3O3/c1-25-19-8-4-7-16(22-19)17(23)12-21-18(24)10-9-13-11-20-15-6-3-2-5-14(13)15/h2-8,11,17,20,23H,9-10,12H2,1H3,(H,21,24). The molecule has 0 saturated carbocycles. The van der Waals surface area contributed by atoms with Crippen LogP contribution in [0.2, 0.25) is 0 Å². The summed E-state index contributed by atoms with van der Waals surface area (Å²) in [4.78, 5) is 19.4. The summed E-state index contributed by atoms with van der Waals surface area (Å²) in [7, 11) is 1.52. The van der Waals surface area contributed by atoms with Crippen molar-refractivity contribution >= 4 is 16.8 Å². The molecule has 0 bridgehead atoms. The predicted molar refractivity (Wildman–Crippen MR) is 95.4 cm³/mol. The molecule has 1 atom stereocenters. The second kappa shape index (κ2) is 7.81. The number of nitrogens with zero attached hydrogens (tertiary/aromatic N) is 1. The van der Waals surface area contributed by atoms with Crippen molar-refractivity contribution in [3.63, 3.8) is 0 Å². The summed E-state index contributed by atoms with van der Waals surface area (Å²) in [6.07, 6.45) is 2.07. The Morgan fingerprint density at radius 2 is 2.12 bits per heavy atom. The van der Waals surface area contributed by atoms with Gasteiger partial charge < -0.3 is 20.1 Å². The molecule has 6 heteroatoms. The molecule has 0 saturated heterocycles. The van der Waals surface area contributed by atoms with Crippen molar-refractivity contribution in [2.45, 2.75) is 18.9 Å². The molecule has 3 rings (SSSR count). The molecule has 1 unspecified atom stereocenters. The topological polar surface area (TPSA) is 87.2 Å². The second-order valence-electron chi connectivity index (χ2n) is 5.78. The van der Waals surface area contributed by atoms with Crippen LogP contribution in [-0.4, -0.2) is 34.6 Å². The number of H-pyrrole nitrogens is 1. The van der Waals surface area contributed by atoms with E-state index in [9.17, 15) is 9.90 Å². The third kappa shape index (κ3) is 4.16. The summed E-state index contributed by atoms with van der Waals surface area (Å²) in [5.74, 6) is 0.328. The number of fused-ring (bicyclic) bond motifs is 1. The number of aliphatic hydroxyl groups is 1. The molecule has 3 N–H and O–H groups in total. The van der Waals surface area contributed by atoms with Crippen LogP contribution in [0.4, 0.5) is 0 Å². The number of para-hydroxylation sites is 1. The van der Waals surface area contributed by atoms with Gasteiger partial charge in [-0.1, -0.05) is 24.3 Å². The van der Waals surface area contributed by atoms with Gasteiger partial charge >= 0.3 is 0 Å².